The van der Waals surface area contributed by atoms with Crippen molar-refractivity contribution in [3.05, 3.63) is 35.4 Å². The van der Waals surface area contributed by atoms with Gasteiger partial charge >= 0.3 is 0 Å². The molecule has 0 saturated heterocycles. The van der Waals surface area contributed by atoms with Crippen LogP contribution in [0.25, 0.3) is 22.1 Å². The fraction of sp³-hybridized carbons (Fsp3) is 0.500. The van der Waals surface area contributed by atoms with Gasteiger partial charge in [0.2, 0.25) is 0 Å². The second-order valence-electron chi connectivity index (χ2n) is 9.84. The van der Waals surface area contributed by atoms with Crippen LogP contribution in [-0.2, 0) is 0 Å². The number of allylic oxidation sites excluding steroid dienone is 2. The molecule has 0 radical (unpaired) electrons. The minimum absolute atomic E-state index is 0.385. The SMILES string of the molecule is Cc1ccc2[nH]c3nc(N/N=C\[C@H]4C[C@@H]5C(=CCCC5(C)C)C[C@H]4C)nnc3c2c1. The van der Waals surface area contributed by atoms with Gasteiger partial charge in [-0.25, -0.2) is 5.43 Å². The molecule has 2 aliphatic rings. The van der Waals surface area contributed by atoms with Crippen molar-refractivity contribution in [2.24, 2.45) is 28.3 Å². The molecule has 1 fully saturated rings. The minimum atomic E-state index is 0.385. The summed E-state index contributed by atoms with van der Waals surface area (Å²) in [5, 5.41) is 14.2. The van der Waals surface area contributed by atoms with E-state index in [-0.39, 0.29) is 0 Å². The van der Waals surface area contributed by atoms with Crippen molar-refractivity contribution in [3.63, 3.8) is 0 Å². The highest BCUT2D eigenvalue weighted by Crippen LogP contribution is 2.50. The number of hydrazone groups is 1. The molecule has 0 bridgehead atoms. The third-order valence-corrected chi connectivity index (χ3v) is 7.18. The Hall–Kier alpha value is -2.76. The highest BCUT2D eigenvalue weighted by molar-refractivity contribution is 6.03. The number of anilines is 1. The van der Waals surface area contributed by atoms with E-state index in [1.165, 1.54) is 31.2 Å². The first-order valence-corrected chi connectivity index (χ1v) is 11.0. The molecule has 3 atom stereocenters. The number of nitrogens with zero attached hydrogens (tertiary/aromatic N) is 4. The Labute approximate surface area is 177 Å². The first-order valence-electron chi connectivity index (χ1n) is 11.0. The summed E-state index contributed by atoms with van der Waals surface area (Å²) in [6.07, 6.45) is 9.42. The third-order valence-electron chi connectivity index (χ3n) is 7.18. The van der Waals surface area contributed by atoms with Crippen molar-refractivity contribution in [1.82, 2.24) is 20.2 Å². The first-order chi connectivity index (χ1) is 14.4. The van der Waals surface area contributed by atoms with E-state index in [1.807, 2.05) is 0 Å². The van der Waals surface area contributed by atoms with Gasteiger partial charge in [0, 0.05) is 17.1 Å². The van der Waals surface area contributed by atoms with Crippen LogP contribution >= 0.6 is 0 Å². The number of benzene rings is 1. The predicted octanol–water partition coefficient (Wildman–Crippen LogP) is 5.62. The zero-order valence-corrected chi connectivity index (χ0v) is 18.2. The van der Waals surface area contributed by atoms with Gasteiger partial charge in [-0.05, 0) is 67.9 Å². The molecule has 0 amide bonds. The van der Waals surface area contributed by atoms with Crippen LogP contribution in [0.2, 0.25) is 0 Å². The molecule has 0 unspecified atom stereocenters. The van der Waals surface area contributed by atoms with Crippen LogP contribution in [0.15, 0.2) is 34.9 Å². The maximum atomic E-state index is 4.57. The van der Waals surface area contributed by atoms with Crippen molar-refractivity contribution in [3.8, 4) is 0 Å². The van der Waals surface area contributed by atoms with E-state index < -0.39 is 0 Å². The average Bonchev–Trinajstić information content (AvgIpc) is 3.05. The Kier molecular flexibility index (Phi) is 4.60. The normalized spacial score (nSPS) is 26.1. The van der Waals surface area contributed by atoms with E-state index in [9.17, 15) is 0 Å². The highest BCUT2D eigenvalue weighted by Gasteiger charge is 2.40. The standard InChI is InChI=1S/C24H30N6/c1-14-7-8-20-18(10-14)21-22(26-20)27-23(30-28-21)29-25-13-17-12-19-16(11-15(17)2)6-5-9-24(19,3)4/h6-8,10,13,15,17,19H,5,9,11-12H2,1-4H3,(H2,26,27,29,30)/b25-13-/t15-,17-,19-/m1/s1. The van der Waals surface area contributed by atoms with Crippen LogP contribution in [-0.4, -0.2) is 26.4 Å². The molecule has 1 saturated carbocycles. The zero-order valence-electron chi connectivity index (χ0n) is 18.2. The molecule has 3 aromatic rings. The average molecular weight is 403 g/mol. The Morgan fingerprint density at radius 3 is 3.00 bits per heavy atom. The zero-order chi connectivity index (χ0) is 20.9. The van der Waals surface area contributed by atoms with E-state index in [1.54, 1.807) is 5.57 Å². The van der Waals surface area contributed by atoms with Crippen molar-refractivity contribution >= 4 is 34.2 Å². The lowest BCUT2D eigenvalue weighted by atomic mass is 9.59. The molecule has 6 heteroatoms. The second-order valence-corrected chi connectivity index (χ2v) is 9.84. The summed E-state index contributed by atoms with van der Waals surface area (Å²) in [5.41, 5.74) is 8.80. The lowest BCUT2D eigenvalue weighted by molar-refractivity contribution is 0.149. The van der Waals surface area contributed by atoms with Gasteiger partial charge in [-0.2, -0.15) is 10.1 Å². The van der Waals surface area contributed by atoms with Gasteiger partial charge in [-0.15, -0.1) is 10.2 Å². The molecule has 0 spiro atoms. The summed E-state index contributed by atoms with van der Waals surface area (Å²) >= 11 is 0. The van der Waals surface area contributed by atoms with Crippen LogP contribution in [0, 0.1) is 30.1 Å². The fourth-order valence-electron chi connectivity index (χ4n) is 5.30. The van der Waals surface area contributed by atoms with Gasteiger partial charge in [0.1, 0.15) is 5.52 Å². The molecule has 2 heterocycles. The lowest BCUT2D eigenvalue weighted by Crippen LogP contribution is -2.36. The largest absolute Gasteiger partial charge is 0.338 e. The van der Waals surface area contributed by atoms with Gasteiger partial charge in [-0.1, -0.05) is 44.1 Å². The molecular formula is C24H30N6. The van der Waals surface area contributed by atoms with E-state index in [0.717, 1.165) is 22.1 Å². The molecule has 2 N–H and O–H groups in total. The summed E-state index contributed by atoms with van der Waals surface area (Å²) in [5.74, 6) is 2.15. The van der Waals surface area contributed by atoms with Crippen LogP contribution in [0.4, 0.5) is 5.95 Å². The number of fused-ring (bicyclic) bond motifs is 4. The summed E-state index contributed by atoms with van der Waals surface area (Å²) < 4.78 is 0. The summed E-state index contributed by atoms with van der Waals surface area (Å²) in [6, 6.07) is 6.24. The molecule has 0 aliphatic heterocycles. The van der Waals surface area contributed by atoms with Crippen molar-refractivity contribution < 1.29 is 0 Å². The molecular weight excluding hydrogens is 372 g/mol. The van der Waals surface area contributed by atoms with Gasteiger partial charge in [-0.3, -0.25) is 0 Å². The van der Waals surface area contributed by atoms with Gasteiger partial charge in [0.25, 0.3) is 5.95 Å². The molecule has 6 nitrogen and oxygen atoms in total. The number of aryl methyl sites for hydroxylation is 1. The lowest BCUT2D eigenvalue weighted by Gasteiger charge is -2.46. The second kappa shape index (κ2) is 7.18. The number of hydrogen-bond acceptors (Lipinski definition) is 5. The maximum Gasteiger partial charge on any atom is 0.265 e. The molecule has 156 valence electrons. The summed E-state index contributed by atoms with van der Waals surface area (Å²) in [6.45, 7) is 9.25. The van der Waals surface area contributed by atoms with Crippen LogP contribution in [0.3, 0.4) is 0 Å². The molecule has 5 rings (SSSR count). The van der Waals surface area contributed by atoms with E-state index in [0.29, 0.717) is 29.1 Å². The van der Waals surface area contributed by atoms with Crippen molar-refractivity contribution in [1.29, 1.82) is 0 Å². The number of aromatic nitrogens is 4. The Balaban J connectivity index is 1.33. The Morgan fingerprint density at radius 2 is 2.13 bits per heavy atom. The van der Waals surface area contributed by atoms with Crippen LogP contribution < -0.4 is 5.43 Å². The minimum Gasteiger partial charge on any atom is -0.338 e. The molecule has 30 heavy (non-hydrogen) atoms. The monoisotopic (exact) mass is 402 g/mol. The molecule has 2 aliphatic carbocycles. The first kappa shape index (κ1) is 19.2. The summed E-state index contributed by atoms with van der Waals surface area (Å²) in [4.78, 5) is 7.89. The third kappa shape index (κ3) is 3.38. The van der Waals surface area contributed by atoms with Gasteiger partial charge in [0.15, 0.2) is 5.65 Å². The van der Waals surface area contributed by atoms with Crippen LogP contribution in [0.1, 0.15) is 52.0 Å². The number of aromatic amines is 1. The maximum absolute atomic E-state index is 4.57. The van der Waals surface area contributed by atoms with Gasteiger partial charge in [0.05, 0.1) is 0 Å². The topological polar surface area (TPSA) is 78.9 Å². The fourth-order valence-corrected chi connectivity index (χ4v) is 5.30. The molecule has 2 aromatic heterocycles. The summed E-state index contributed by atoms with van der Waals surface area (Å²) in [7, 11) is 0. The van der Waals surface area contributed by atoms with E-state index in [4.69, 9.17) is 0 Å². The van der Waals surface area contributed by atoms with E-state index in [2.05, 4.69) is 88.9 Å². The van der Waals surface area contributed by atoms with Gasteiger partial charge < -0.3 is 4.98 Å². The number of nitrogens with one attached hydrogen (secondary N) is 2. The molecule has 1 aromatic carbocycles. The highest BCUT2D eigenvalue weighted by atomic mass is 15.4. The Morgan fingerprint density at radius 1 is 1.27 bits per heavy atom. The van der Waals surface area contributed by atoms with Crippen molar-refractivity contribution in [2.45, 2.75) is 53.4 Å². The number of H-pyrrole nitrogens is 1. The van der Waals surface area contributed by atoms with Crippen molar-refractivity contribution in [2.75, 3.05) is 5.43 Å². The number of hydrogen-bond donors (Lipinski definition) is 2. The van der Waals surface area contributed by atoms with Crippen LogP contribution in [0.5, 0.6) is 0 Å². The smallest absolute Gasteiger partial charge is 0.265 e. The Bertz CT molecular complexity index is 1160. The quantitative estimate of drug-likeness (QED) is 0.338. The number of rotatable bonds is 3. The predicted molar refractivity (Wildman–Crippen MR) is 123 cm³/mol. The van der Waals surface area contributed by atoms with E-state index >= 15 is 0 Å².